The molecule has 0 radical (unpaired) electrons. The Hall–Kier alpha value is -2.34. The molecule has 29 heavy (non-hydrogen) atoms. The lowest BCUT2D eigenvalue weighted by atomic mass is 9.79. The Morgan fingerprint density at radius 2 is 1.86 bits per heavy atom. The van der Waals surface area contributed by atoms with Crippen LogP contribution in [0.3, 0.4) is 0 Å². The summed E-state index contributed by atoms with van der Waals surface area (Å²) in [6, 6.07) is 11.5. The lowest BCUT2D eigenvalue weighted by Crippen LogP contribution is -2.13. The minimum Gasteiger partial charge on any atom is -0.495 e. The molecular weight excluding hydrogens is 384 g/mol. The quantitative estimate of drug-likeness (QED) is 0.613. The fourth-order valence-electron chi connectivity index (χ4n) is 4.46. The van der Waals surface area contributed by atoms with Crippen LogP contribution in [0, 0.1) is 5.92 Å². The topological polar surface area (TPSA) is 72.0 Å². The molecule has 3 aromatic rings. The Morgan fingerprint density at radius 3 is 2.52 bits per heavy atom. The molecule has 0 spiro atoms. The van der Waals surface area contributed by atoms with Gasteiger partial charge in [0.15, 0.2) is 9.84 Å². The maximum atomic E-state index is 11.9. The lowest BCUT2D eigenvalue weighted by molar-refractivity contribution is 0.326. The van der Waals surface area contributed by atoms with Gasteiger partial charge in [-0.05, 0) is 42.2 Å². The van der Waals surface area contributed by atoms with Gasteiger partial charge in [-0.15, -0.1) is 0 Å². The monoisotopic (exact) mass is 412 g/mol. The molecular formula is C23H28N2O3S. The molecule has 1 fully saturated rings. The highest BCUT2D eigenvalue weighted by molar-refractivity contribution is 7.90. The standard InChI is InChI=1S/C23H28N2O3S/c1-28-19-13-18-14-22(25-23(18)24-15-19)21(12-16-6-4-3-5-7-16)17-8-10-20(11-9-17)29(2,26)27/h8-11,13-16,21H,3-7,12H2,1-2H3,(H,24,25). The maximum Gasteiger partial charge on any atom is 0.175 e. The van der Waals surface area contributed by atoms with Crippen molar-refractivity contribution in [3.05, 3.63) is 53.9 Å². The van der Waals surface area contributed by atoms with Crippen molar-refractivity contribution < 1.29 is 13.2 Å². The third-order valence-corrected chi connectivity index (χ3v) is 7.21. The predicted molar refractivity (Wildman–Crippen MR) is 115 cm³/mol. The SMILES string of the molecule is COc1cnc2[nH]c(C(CC3CCCCC3)c3ccc(S(C)(=O)=O)cc3)cc2c1. The Morgan fingerprint density at radius 1 is 1.14 bits per heavy atom. The van der Waals surface area contributed by atoms with Crippen LogP contribution in [-0.2, 0) is 9.84 Å². The summed E-state index contributed by atoms with van der Waals surface area (Å²) < 4.78 is 29.0. The van der Waals surface area contributed by atoms with Gasteiger partial charge in [-0.1, -0.05) is 44.2 Å². The number of nitrogens with zero attached hydrogens (tertiary/aromatic N) is 1. The van der Waals surface area contributed by atoms with E-state index >= 15 is 0 Å². The van der Waals surface area contributed by atoms with E-state index in [1.54, 1.807) is 25.4 Å². The molecule has 2 aromatic heterocycles. The van der Waals surface area contributed by atoms with Gasteiger partial charge in [-0.2, -0.15) is 0 Å². The summed E-state index contributed by atoms with van der Waals surface area (Å²) in [5.74, 6) is 1.62. The van der Waals surface area contributed by atoms with Crippen LogP contribution in [0.5, 0.6) is 5.75 Å². The van der Waals surface area contributed by atoms with Gasteiger partial charge < -0.3 is 9.72 Å². The molecule has 2 heterocycles. The van der Waals surface area contributed by atoms with E-state index in [2.05, 4.69) is 16.0 Å². The molecule has 1 N–H and O–H groups in total. The molecule has 0 bridgehead atoms. The second-order valence-corrected chi connectivity index (χ2v) is 10.2. The minimum absolute atomic E-state index is 0.187. The maximum absolute atomic E-state index is 11.9. The van der Waals surface area contributed by atoms with Crippen LogP contribution in [0.25, 0.3) is 11.0 Å². The molecule has 1 aliphatic carbocycles. The van der Waals surface area contributed by atoms with Crippen molar-refractivity contribution >= 4 is 20.9 Å². The number of hydrogen-bond donors (Lipinski definition) is 1. The van der Waals surface area contributed by atoms with Gasteiger partial charge in [0.1, 0.15) is 11.4 Å². The average Bonchev–Trinajstić information content (AvgIpc) is 3.15. The molecule has 0 amide bonds. The largest absolute Gasteiger partial charge is 0.495 e. The Labute approximate surface area is 172 Å². The van der Waals surface area contributed by atoms with Crippen molar-refractivity contribution in [3.8, 4) is 5.75 Å². The summed E-state index contributed by atoms with van der Waals surface area (Å²) >= 11 is 0. The molecule has 154 valence electrons. The highest BCUT2D eigenvalue weighted by atomic mass is 32.2. The highest BCUT2D eigenvalue weighted by Gasteiger charge is 2.24. The Balaban J connectivity index is 1.71. The number of aromatic nitrogens is 2. The number of benzene rings is 1. The van der Waals surface area contributed by atoms with Crippen LogP contribution in [0.2, 0.25) is 0 Å². The smallest absolute Gasteiger partial charge is 0.175 e. The number of hydrogen-bond acceptors (Lipinski definition) is 4. The van der Waals surface area contributed by atoms with Gasteiger partial charge in [0.2, 0.25) is 0 Å². The van der Waals surface area contributed by atoms with E-state index in [4.69, 9.17) is 4.74 Å². The molecule has 0 saturated heterocycles. The second-order valence-electron chi connectivity index (χ2n) is 8.17. The van der Waals surface area contributed by atoms with Crippen LogP contribution < -0.4 is 4.74 Å². The van der Waals surface area contributed by atoms with Gasteiger partial charge in [0.05, 0.1) is 18.2 Å². The second kappa shape index (κ2) is 8.19. The fourth-order valence-corrected chi connectivity index (χ4v) is 5.09. The summed E-state index contributed by atoms with van der Waals surface area (Å²) in [6.07, 6.45) is 10.5. The normalized spacial score (nSPS) is 16.8. The van der Waals surface area contributed by atoms with E-state index in [0.717, 1.165) is 34.5 Å². The van der Waals surface area contributed by atoms with Gasteiger partial charge in [0.25, 0.3) is 0 Å². The van der Waals surface area contributed by atoms with E-state index in [1.165, 1.54) is 38.4 Å². The Kier molecular flexibility index (Phi) is 5.63. The zero-order valence-corrected chi connectivity index (χ0v) is 17.8. The van der Waals surface area contributed by atoms with Gasteiger partial charge in [-0.3, -0.25) is 0 Å². The number of rotatable bonds is 6. The Bertz CT molecular complexity index is 1080. The van der Waals surface area contributed by atoms with Crippen molar-refractivity contribution in [2.45, 2.75) is 49.3 Å². The van der Waals surface area contributed by atoms with Crippen LogP contribution in [0.1, 0.15) is 55.7 Å². The first kappa shape index (κ1) is 20.0. The van der Waals surface area contributed by atoms with E-state index in [1.807, 2.05) is 18.2 Å². The van der Waals surface area contributed by atoms with Crippen molar-refractivity contribution in [3.63, 3.8) is 0 Å². The number of sulfone groups is 1. The number of fused-ring (bicyclic) bond motifs is 1. The summed E-state index contributed by atoms with van der Waals surface area (Å²) in [5.41, 5.74) is 3.11. The highest BCUT2D eigenvalue weighted by Crippen LogP contribution is 2.38. The van der Waals surface area contributed by atoms with E-state index in [-0.39, 0.29) is 5.92 Å². The first-order valence-corrected chi connectivity index (χ1v) is 12.2. The first-order valence-electron chi connectivity index (χ1n) is 10.3. The number of pyridine rings is 1. The van der Waals surface area contributed by atoms with E-state index in [0.29, 0.717) is 10.8 Å². The number of methoxy groups -OCH3 is 1. The predicted octanol–water partition coefficient (Wildman–Crippen LogP) is 5.08. The number of ether oxygens (including phenoxy) is 1. The van der Waals surface area contributed by atoms with Crippen molar-refractivity contribution in [2.24, 2.45) is 5.92 Å². The van der Waals surface area contributed by atoms with Gasteiger partial charge >= 0.3 is 0 Å². The molecule has 1 saturated carbocycles. The fraction of sp³-hybridized carbons (Fsp3) is 0.435. The summed E-state index contributed by atoms with van der Waals surface area (Å²) in [7, 11) is -1.55. The third kappa shape index (κ3) is 4.47. The van der Waals surface area contributed by atoms with Crippen molar-refractivity contribution in [1.29, 1.82) is 0 Å². The molecule has 1 aliphatic rings. The molecule has 4 rings (SSSR count). The van der Waals surface area contributed by atoms with Crippen molar-refractivity contribution in [2.75, 3.05) is 13.4 Å². The summed E-state index contributed by atoms with van der Waals surface area (Å²) in [4.78, 5) is 8.34. The van der Waals surface area contributed by atoms with Crippen LogP contribution in [0.15, 0.2) is 47.5 Å². The van der Waals surface area contributed by atoms with Crippen molar-refractivity contribution in [1.82, 2.24) is 9.97 Å². The molecule has 0 aliphatic heterocycles. The molecule has 1 unspecified atom stereocenters. The molecule has 1 atom stereocenters. The van der Waals surface area contributed by atoms with Crippen LogP contribution >= 0.6 is 0 Å². The first-order chi connectivity index (χ1) is 13.9. The zero-order chi connectivity index (χ0) is 20.4. The van der Waals surface area contributed by atoms with Gasteiger partial charge in [-0.25, -0.2) is 13.4 Å². The van der Waals surface area contributed by atoms with E-state index in [9.17, 15) is 8.42 Å². The zero-order valence-electron chi connectivity index (χ0n) is 17.0. The summed E-state index contributed by atoms with van der Waals surface area (Å²) in [5, 5.41) is 1.03. The summed E-state index contributed by atoms with van der Waals surface area (Å²) in [6.45, 7) is 0. The molecule has 1 aromatic carbocycles. The molecule has 5 nitrogen and oxygen atoms in total. The van der Waals surface area contributed by atoms with Gasteiger partial charge in [0, 0.05) is 23.3 Å². The number of aromatic amines is 1. The number of H-pyrrole nitrogens is 1. The minimum atomic E-state index is -3.20. The number of nitrogens with one attached hydrogen (secondary N) is 1. The third-order valence-electron chi connectivity index (χ3n) is 6.08. The lowest BCUT2D eigenvalue weighted by Gasteiger charge is -2.26. The average molecular weight is 413 g/mol. The van der Waals surface area contributed by atoms with Crippen LogP contribution in [0.4, 0.5) is 0 Å². The van der Waals surface area contributed by atoms with E-state index < -0.39 is 9.84 Å². The molecule has 6 heteroatoms. The van der Waals surface area contributed by atoms with Crippen LogP contribution in [-0.4, -0.2) is 31.8 Å².